The fourth-order valence-electron chi connectivity index (χ4n) is 3.08. The predicted octanol–water partition coefficient (Wildman–Crippen LogP) is 4.89. The van der Waals surface area contributed by atoms with Crippen molar-refractivity contribution in [3.05, 3.63) is 64.7 Å². The fourth-order valence-corrected chi connectivity index (χ4v) is 3.42. The van der Waals surface area contributed by atoms with E-state index >= 15 is 0 Å². The average molecular weight is 369 g/mol. The van der Waals surface area contributed by atoms with E-state index in [4.69, 9.17) is 17.0 Å². The molecule has 0 bridgehead atoms. The summed E-state index contributed by atoms with van der Waals surface area (Å²) in [7, 11) is 1.64. The van der Waals surface area contributed by atoms with Gasteiger partial charge in [-0.3, -0.25) is 0 Å². The van der Waals surface area contributed by atoms with Crippen LogP contribution in [0, 0.1) is 11.6 Å². The molecular formula is C20H24N4OS. The molecule has 0 aliphatic rings. The van der Waals surface area contributed by atoms with E-state index in [9.17, 15) is 0 Å². The molecule has 0 fully saturated rings. The van der Waals surface area contributed by atoms with Crippen molar-refractivity contribution in [2.45, 2.75) is 39.2 Å². The molecule has 0 saturated heterocycles. The molecule has 26 heavy (non-hydrogen) atoms. The van der Waals surface area contributed by atoms with Crippen molar-refractivity contribution < 1.29 is 4.74 Å². The minimum absolute atomic E-state index is 0.0373. The van der Waals surface area contributed by atoms with E-state index in [2.05, 4.69) is 34.8 Å². The Morgan fingerprint density at radius 1 is 1.19 bits per heavy atom. The van der Waals surface area contributed by atoms with Crippen molar-refractivity contribution in [2.24, 2.45) is 0 Å². The molecule has 0 spiro atoms. The SMILES string of the molecule is CCCCC(c1cn(-c2ccccc2C)nn1)n1cccc(OC)c1=S. The fraction of sp³-hybridized carbons (Fsp3) is 0.350. The zero-order valence-electron chi connectivity index (χ0n) is 15.4. The molecular weight excluding hydrogens is 344 g/mol. The third kappa shape index (κ3) is 3.70. The number of para-hydroxylation sites is 1. The van der Waals surface area contributed by atoms with Gasteiger partial charge in [-0.2, -0.15) is 0 Å². The van der Waals surface area contributed by atoms with Crippen LogP contribution in [-0.2, 0) is 0 Å². The number of benzene rings is 1. The number of hydrogen-bond donors (Lipinski definition) is 0. The second-order valence-electron chi connectivity index (χ2n) is 6.32. The number of ether oxygens (including phenoxy) is 1. The minimum atomic E-state index is 0.0373. The average Bonchev–Trinajstić information content (AvgIpc) is 3.13. The Morgan fingerprint density at radius 3 is 2.73 bits per heavy atom. The number of methoxy groups -OCH3 is 1. The number of unbranched alkanes of at least 4 members (excludes halogenated alkanes) is 1. The molecule has 0 aliphatic carbocycles. The van der Waals surface area contributed by atoms with E-state index in [-0.39, 0.29) is 6.04 Å². The van der Waals surface area contributed by atoms with E-state index in [0.717, 1.165) is 36.2 Å². The summed E-state index contributed by atoms with van der Waals surface area (Å²) < 4.78 is 9.99. The summed E-state index contributed by atoms with van der Waals surface area (Å²) in [6, 6.07) is 12.0. The predicted molar refractivity (Wildman–Crippen MR) is 106 cm³/mol. The number of nitrogens with zero attached hydrogens (tertiary/aromatic N) is 4. The number of aryl methyl sites for hydroxylation is 1. The van der Waals surface area contributed by atoms with Crippen LogP contribution in [0.1, 0.15) is 43.5 Å². The molecule has 1 unspecified atom stereocenters. The molecule has 0 radical (unpaired) electrons. The maximum absolute atomic E-state index is 5.62. The van der Waals surface area contributed by atoms with Gasteiger partial charge in [-0.1, -0.05) is 55.4 Å². The van der Waals surface area contributed by atoms with Crippen LogP contribution in [0.4, 0.5) is 0 Å². The lowest BCUT2D eigenvalue weighted by Gasteiger charge is -2.19. The van der Waals surface area contributed by atoms with Gasteiger partial charge < -0.3 is 9.30 Å². The van der Waals surface area contributed by atoms with Gasteiger partial charge in [0.05, 0.1) is 25.0 Å². The topological polar surface area (TPSA) is 44.9 Å². The van der Waals surface area contributed by atoms with Crippen LogP contribution in [0.2, 0.25) is 0 Å². The number of aromatic nitrogens is 4. The lowest BCUT2D eigenvalue weighted by Crippen LogP contribution is -2.13. The van der Waals surface area contributed by atoms with E-state index < -0.39 is 0 Å². The molecule has 1 aromatic carbocycles. The summed E-state index contributed by atoms with van der Waals surface area (Å²) in [6.45, 7) is 4.26. The van der Waals surface area contributed by atoms with Crippen molar-refractivity contribution in [1.82, 2.24) is 19.6 Å². The summed E-state index contributed by atoms with van der Waals surface area (Å²) >= 11 is 5.62. The Morgan fingerprint density at radius 2 is 2.00 bits per heavy atom. The van der Waals surface area contributed by atoms with Crippen LogP contribution in [0.25, 0.3) is 5.69 Å². The highest BCUT2D eigenvalue weighted by atomic mass is 32.1. The zero-order valence-corrected chi connectivity index (χ0v) is 16.2. The van der Waals surface area contributed by atoms with Crippen LogP contribution >= 0.6 is 12.2 Å². The molecule has 3 rings (SSSR count). The van der Waals surface area contributed by atoms with Gasteiger partial charge >= 0.3 is 0 Å². The highest BCUT2D eigenvalue weighted by Crippen LogP contribution is 2.26. The molecule has 136 valence electrons. The Kier molecular flexibility index (Phi) is 5.83. The van der Waals surface area contributed by atoms with Gasteiger partial charge in [0.15, 0.2) is 5.75 Å². The quantitative estimate of drug-likeness (QED) is 0.557. The van der Waals surface area contributed by atoms with Gasteiger partial charge in [0.25, 0.3) is 0 Å². The monoisotopic (exact) mass is 368 g/mol. The summed E-state index contributed by atoms with van der Waals surface area (Å²) in [5.41, 5.74) is 3.10. The summed E-state index contributed by atoms with van der Waals surface area (Å²) in [6.07, 6.45) is 7.15. The van der Waals surface area contributed by atoms with Gasteiger partial charge in [0, 0.05) is 6.20 Å². The number of hydrogen-bond acceptors (Lipinski definition) is 4. The number of pyridine rings is 1. The largest absolute Gasteiger partial charge is 0.494 e. The highest BCUT2D eigenvalue weighted by molar-refractivity contribution is 7.71. The smallest absolute Gasteiger partial charge is 0.153 e. The maximum Gasteiger partial charge on any atom is 0.153 e. The van der Waals surface area contributed by atoms with Crippen molar-refractivity contribution in [3.8, 4) is 11.4 Å². The highest BCUT2D eigenvalue weighted by Gasteiger charge is 2.19. The van der Waals surface area contributed by atoms with Gasteiger partial charge in [0.1, 0.15) is 10.3 Å². The Balaban J connectivity index is 2.02. The van der Waals surface area contributed by atoms with Gasteiger partial charge in [0.2, 0.25) is 0 Å². The zero-order chi connectivity index (χ0) is 18.5. The van der Waals surface area contributed by atoms with Gasteiger partial charge in [-0.05, 0) is 37.1 Å². The third-order valence-corrected chi connectivity index (χ3v) is 4.95. The Labute approximate surface area is 159 Å². The van der Waals surface area contributed by atoms with Crippen LogP contribution in [-0.4, -0.2) is 26.7 Å². The normalized spacial score (nSPS) is 12.1. The first-order valence-electron chi connectivity index (χ1n) is 8.89. The van der Waals surface area contributed by atoms with E-state index in [1.54, 1.807) is 7.11 Å². The standard InChI is InChI=1S/C20H24N4OS/c1-4-5-10-18(23-13-8-12-19(25-3)20(23)26)16-14-24(22-21-16)17-11-7-6-9-15(17)2/h6-9,11-14,18H,4-5,10H2,1-3H3. The first kappa shape index (κ1) is 18.3. The summed E-state index contributed by atoms with van der Waals surface area (Å²) in [5, 5.41) is 8.83. The second kappa shape index (κ2) is 8.27. The third-order valence-electron chi connectivity index (χ3n) is 4.54. The molecule has 0 aliphatic heterocycles. The molecule has 2 aromatic heterocycles. The molecule has 0 amide bonds. The first-order valence-corrected chi connectivity index (χ1v) is 9.30. The molecule has 3 aromatic rings. The van der Waals surface area contributed by atoms with E-state index in [1.807, 2.05) is 47.4 Å². The summed E-state index contributed by atoms with van der Waals surface area (Å²) in [4.78, 5) is 0. The summed E-state index contributed by atoms with van der Waals surface area (Å²) in [5.74, 6) is 0.704. The minimum Gasteiger partial charge on any atom is -0.494 e. The van der Waals surface area contributed by atoms with Gasteiger partial charge in [-0.25, -0.2) is 4.68 Å². The van der Waals surface area contributed by atoms with E-state index in [1.165, 1.54) is 0 Å². The maximum atomic E-state index is 5.62. The Hall–Kier alpha value is -2.47. The molecule has 2 heterocycles. The van der Waals surface area contributed by atoms with Crippen molar-refractivity contribution in [2.75, 3.05) is 7.11 Å². The molecule has 5 nitrogen and oxygen atoms in total. The molecule has 0 saturated carbocycles. The molecule has 1 atom stereocenters. The van der Waals surface area contributed by atoms with Crippen molar-refractivity contribution in [1.29, 1.82) is 0 Å². The van der Waals surface area contributed by atoms with Crippen LogP contribution in [0.5, 0.6) is 5.75 Å². The first-order chi connectivity index (χ1) is 12.7. The van der Waals surface area contributed by atoms with Crippen molar-refractivity contribution >= 4 is 12.2 Å². The van der Waals surface area contributed by atoms with Crippen LogP contribution in [0.3, 0.4) is 0 Å². The molecule has 0 N–H and O–H groups in total. The second-order valence-corrected chi connectivity index (χ2v) is 6.71. The van der Waals surface area contributed by atoms with Crippen LogP contribution < -0.4 is 4.74 Å². The lowest BCUT2D eigenvalue weighted by atomic mass is 10.1. The lowest BCUT2D eigenvalue weighted by molar-refractivity contribution is 0.399. The van der Waals surface area contributed by atoms with Crippen molar-refractivity contribution in [3.63, 3.8) is 0 Å². The van der Waals surface area contributed by atoms with Gasteiger partial charge in [-0.15, -0.1) is 5.10 Å². The van der Waals surface area contributed by atoms with Crippen LogP contribution in [0.15, 0.2) is 48.8 Å². The van der Waals surface area contributed by atoms with E-state index in [0.29, 0.717) is 10.4 Å². The number of rotatable bonds is 7. The molecule has 6 heteroatoms. The Bertz CT molecular complexity index is 931.